The number of rotatable bonds is 7. The van der Waals surface area contributed by atoms with E-state index in [2.05, 4.69) is 15.5 Å². The molecule has 1 amide bonds. The molecule has 0 aliphatic heterocycles. The third-order valence-electron chi connectivity index (χ3n) is 3.50. The quantitative estimate of drug-likeness (QED) is 0.582. The van der Waals surface area contributed by atoms with Crippen LogP contribution in [-0.2, 0) is 11.4 Å². The molecular formula is C18H15ClFN3O3S. The van der Waals surface area contributed by atoms with Gasteiger partial charge in [0.1, 0.15) is 11.6 Å². The summed E-state index contributed by atoms with van der Waals surface area (Å²) in [5.41, 5.74) is 0.813. The van der Waals surface area contributed by atoms with Gasteiger partial charge in [0.2, 0.25) is 5.91 Å². The first-order valence-electron chi connectivity index (χ1n) is 7.90. The van der Waals surface area contributed by atoms with Crippen LogP contribution >= 0.6 is 23.4 Å². The van der Waals surface area contributed by atoms with Crippen molar-refractivity contribution in [2.75, 3.05) is 11.1 Å². The fourth-order valence-corrected chi connectivity index (χ4v) is 2.88. The highest BCUT2D eigenvalue weighted by Gasteiger charge is 2.12. The first-order valence-corrected chi connectivity index (χ1v) is 9.27. The molecule has 0 atom stereocenters. The van der Waals surface area contributed by atoms with Crippen molar-refractivity contribution >= 4 is 35.0 Å². The smallest absolute Gasteiger partial charge is 0.277 e. The Hall–Kier alpha value is -2.58. The van der Waals surface area contributed by atoms with Gasteiger partial charge in [0, 0.05) is 11.3 Å². The van der Waals surface area contributed by atoms with E-state index >= 15 is 0 Å². The summed E-state index contributed by atoms with van der Waals surface area (Å²) in [6.07, 6.45) is 0. The predicted molar refractivity (Wildman–Crippen MR) is 101 cm³/mol. The number of aromatic nitrogens is 2. The molecule has 1 aromatic heterocycles. The van der Waals surface area contributed by atoms with Crippen LogP contribution in [0, 0.1) is 12.7 Å². The van der Waals surface area contributed by atoms with Crippen molar-refractivity contribution in [1.29, 1.82) is 0 Å². The lowest BCUT2D eigenvalue weighted by Gasteiger charge is -2.07. The van der Waals surface area contributed by atoms with Gasteiger partial charge < -0.3 is 14.5 Å². The van der Waals surface area contributed by atoms with E-state index in [9.17, 15) is 9.18 Å². The summed E-state index contributed by atoms with van der Waals surface area (Å²) < 4.78 is 24.4. The largest absolute Gasteiger partial charge is 0.482 e. The number of carbonyl (C=O) groups is 1. The van der Waals surface area contributed by atoms with Gasteiger partial charge in [0.15, 0.2) is 6.61 Å². The second-order valence-corrected chi connectivity index (χ2v) is 6.76. The van der Waals surface area contributed by atoms with Gasteiger partial charge in [-0.1, -0.05) is 41.6 Å². The maximum absolute atomic E-state index is 13.5. The zero-order chi connectivity index (χ0) is 19.2. The van der Waals surface area contributed by atoms with Crippen LogP contribution in [0.1, 0.15) is 11.5 Å². The van der Waals surface area contributed by atoms with E-state index in [1.54, 1.807) is 37.3 Å². The van der Waals surface area contributed by atoms with Crippen LogP contribution < -0.4 is 10.1 Å². The Balaban J connectivity index is 1.50. The van der Waals surface area contributed by atoms with Gasteiger partial charge in [-0.05, 0) is 31.2 Å². The standard InChI is InChI=1S/C18H15ClFN3O3S/c1-11-13(20)6-4-7-14(11)21-16(24)10-27-18-23-22-17(26-18)9-25-15-8-3-2-5-12(15)19/h2-8H,9-10H2,1H3,(H,21,24). The third kappa shape index (κ3) is 5.21. The number of amides is 1. The van der Waals surface area contributed by atoms with Crippen LogP contribution in [0.3, 0.4) is 0 Å². The maximum Gasteiger partial charge on any atom is 0.277 e. The molecule has 0 radical (unpaired) electrons. The first kappa shape index (κ1) is 19.2. The molecule has 0 unspecified atom stereocenters. The summed E-state index contributed by atoms with van der Waals surface area (Å²) in [6, 6.07) is 11.6. The topological polar surface area (TPSA) is 77.2 Å². The third-order valence-corrected chi connectivity index (χ3v) is 4.64. The van der Waals surface area contributed by atoms with E-state index in [1.165, 1.54) is 12.1 Å². The number of carbonyl (C=O) groups excluding carboxylic acids is 1. The second kappa shape index (κ2) is 8.88. The molecule has 0 fully saturated rings. The van der Waals surface area contributed by atoms with Crippen molar-refractivity contribution in [3.63, 3.8) is 0 Å². The van der Waals surface area contributed by atoms with Crippen molar-refractivity contribution in [2.24, 2.45) is 0 Å². The summed E-state index contributed by atoms with van der Waals surface area (Å²) in [5, 5.41) is 11.1. The molecule has 3 rings (SSSR count). The molecule has 0 saturated carbocycles. The van der Waals surface area contributed by atoms with Gasteiger partial charge in [-0.2, -0.15) is 0 Å². The number of anilines is 1. The molecule has 3 aromatic rings. The van der Waals surface area contributed by atoms with Crippen LogP contribution in [0.2, 0.25) is 5.02 Å². The number of thioether (sulfide) groups is 1. The Bertz CT molecular complexity index is 951. The molecule has 1 heterocycles. The number of hydrogen-bond donors (Lipinski definition) is 1. The van der Waals surface area contributed by atoms with E-state index < -0.39 is 0 Å². The average Bonchev–Trinajstić information content (AvgIpc) is 3.11. The number of hydrogen-bond acceptors (Lipinski definition) is 6. The van der Waals surface area contributed by atoms with Crippen LogP contribution in [0.4, 0.5) is 10.1 Å². The molecule has 0 bridgehead atoms. The summed E-state index contributed by atoms with van der Waals surface area (Å²) in [7, 11) is 0. The summed E-state index contributed by atoms with van der Waals surface area (Å²) >= 11 is 7.08. The Labute approximate surface area is 164 Å². The number of nitrogens with zero attached hydrogens (tertiary/aromatic N) is 2. The van der Waals surface area contributed by atoms with Gasteiger partial charge >= 0.3 is 0 Å². The molecule has 0 spiro atoms. The highest BCUT2D eigenvalue weighted by atomic mass is 35.5. The van der Waals surface area contributed by atoms with Crippen LogP contribution in [0.5, 0.6) is 5.75 Å². The van der Waals surface area contributed by atoms with Crippen molar-refractivity contribution in [2.45, 2.75) is 18.8 Å². The van der Waals surface area contributed by atoms with E-state index in [4.69, 9.17) is 20.8 Å². The van der Waals surface area contributed by atoms with E-state index in [0.29, 0.717) is 22.0 Å². The SMILES string of the molecule is Cc1c(F)cccc1NC(=O)CSc1nnc(COc2ccccc2Cl)o1. The summed E-state index contributed by atoms with van der Waals surface area (Å²) in [4.78, 5) is 12.0. The Morgan fingerprint density at radius 1 is 1.26 bits per heavy atom. The highest BCUT2D eigenvalue weighted by molar-refractivity contribution is 7.99. The monoisotopic (exact) mass is 407 g/mol. The van der Waals surface area contributed by atoms with Crippen LogP contribution in [-0.4, -0.2) is 21.9 Å². The Kier molecular flexibility index (Phi) is 6.31. The molecule has 1 N–H and O–H groups in total. The normalized spacial score (nSPS) is 10.6. The minimum atomic E-state index is -0.375. The number of halogens is 2. The molecule has 0 saturated heterocycles. The van der Waals surface area contributed by atoms with E-state index in [1.807, 2.05) is 0 Å². The molecule has 2 aromatic carbocycles. The van der Waals surface area contributed by atoms with Crippen molar-refractivity contribution < 1.29 is 18.3 Å². The van der Waals surface area contributed by atoms with Crippen molar-refractivity contribution in [1.82, 2.24) is 10.2 Å². The van der Waals surface area contributed by atoms with Gasteiger partial charge in [0.25, 0.3) is 11.1 Å². The number of ether oxygens (including phenoxy) is 1. The second-order valence-electron chi connectivity index (χ2n) is 5.43. The number of benzene rings is 2. The summed E-state index contributed by atoms with van der Waals surface area (Å²) in [5.74, 6) is 0.139. The fourth-order valence-electron chi connectivity index (χ4n) is 2.11. The average molecular weight is 408 g/mol. The number of para-hydroxylation sites is 1. The minimum absolute atomic E-state index is 0.0446. The Morgan fingerprint density at radius 2 is 2.07 bits per heavy atom. The van der Waals surface area contributed by atoms with Gasteiger partial charge in [0.05, 0.1) is 10.8 Å². The molecule has 0 aliphatic carbocycles. The van der Waals surface area contributed by atoms with Gasteiger partial charge in [-0.3, -0.25) is 4.79 Å². The molecule has 6 nitrogen and oxygen atoms in total. The molecule has 27 heavy (non-hydrogen) atoms. The zero-order valence-electron chi connectivity index (χ0n) is 14.2. The van der Waals surface area contributed by atoms with Crippen molar-refractivity contribution in [3.8, 4) is 5.75 Å². The summed E-state index contributed by atoms with van der Waals surface area (Å²) in [6.45, 7) is 1.66. The lowest BCUT2D eigenvalue weighted by atomic mass is 10.2. The predicted octanol–water partition coefficient (Wildman–Crippen LogP) is 4.48. The van der Waals surface area contributed by atoms with Gasteiger partial charge in [-0.15, -0.1) is 10.2 Å². The lowest BCUT2D eigenvalue weighted by Crippen LogP contribution is -2.15. The molecular weight excluding hydrogens is 393 g/mol. The zero-order valence-corrected chi connectivity index (χ0v) is 15.8. The fraction of sp³-hybridized carbons (Fsp3) is 0.167. The van der Waals surface area contributed by atoms with Crippen LogP contribution in [0.15, 0.2) is 52.1 Å². The molecule has 9 heteroatoms. The van der Waals surface area contributed by atoms with E-state index in [0.717, 1.165) is 11.8 Å². The highest BCUT2D eigenvalue weighted by Crippen LogP contribution is 2.24. The first-order chi connectivity index (χ1) is 13.0. The Morgan fingerprint density at radius 3 is 2.89 bits per heavy atom. The lowest BCUT2D eigenvalue weighted by molar-refractivity contribution is -0.113. The maximum atomic E-state index is 13.5. The minimum Gasteiger partial charge on any atom is -0.482 e. The van der Waals surface area contributed by atoms with Gasteiger partial charge in [-0.25, -0.2) is 4.39 Å². The van der Waals surface area contributed by atoms with Crippen molar-refractivity contribution in [3.05, 3.63) is 64.8 Å². The molecule has 0 aliphatic rings. The van der Waals surface area contributed by atoms with Crippen LogP contribution in [0.25, 0.3) is 0 Å². The molecule has 140 valence electrons. The number of nitrogens with one attached hydrogen (secondary N) is 1. The van der Waals surface area contributed by atoms with E-state index in [-0.39, 0.29) is 35.2 Å².